The Bertz CT molecular complexity index is 806. The molecule has 0 radical (unpaired) electrons. The smallest absolute Gasteiger partial charge is 0.242 e. The molecule has 2 aromatic rings. The molecule has 1 aromatic carbocycles. The number of carbonyl (C=O) groups excluding carboxylic acids is 2. The number of rotatable bonds is 6. The third-order valence-electron chi connectivity index (χ3n) is 4.79. The van der Waals surface area contributed by atoms with Crippen LogP contribution in [-0.2, 0) is 16.1 Å². The van der Waals surface area contributed by atoms with Crippen molar-refractivity contribution in [2.45, 2.75) is 13.5 Å². The number of nitrogens with zero attached hydrogens (tertiary/aromatic N) is 5. The lowest BCUT2D eigenvalue weighted by Crippen LogP contribution is -2.52. The van der Waals surface area contributed by atoms with Crippen LogP contribution in [0.25, 0.3) is 0 Å². The highest BCUT2D eigenvalue weighted by molar-refractivity contribution is 5.84. The van der Waals surface area contributed by atoms with E-state index < -0.39 is 0 Å². The van der Waals surface area contributed by atoms with Crippen molar-refractivity contribution in [1.29, 1.82) is 0 Å². The van der Waals surface area contributed by atoms with E-state index in [0.29, 0.717) is 44.4 Å². The highest BCUT2D eigenvalue weighted by Gasteiger charge is 2.25. The molecule has 2 amide bonds. The van der Waals surface area contributed by atoms with E-state index in [1.165, 1.54) is 6.92 Å². The van der Waals surface area contributed by atoms with Gasteiger partial charge in [0, 0.05) is 57.6 Å². The lowest BCUT2D eigenvalue weighted by molar-refractivity contribution is -0.140. The Balaban J connectivity index is 1.58. The highest BCUT2D eigenvalue weighted by Crippen LogP contribution is 2.19. The van der Waals surface area contributed by atoms with Gasteiger partial charge in [-0.3, -0.25) is 9.59 Å². The van der Waals surface area contributed by atoms with Crippen LogP contribution in [0, 0.1) is 0 Å². The largest absolute Gasteiger partial charge is 0.496 e. The van der Waals surface area contributed by atoms with Gasteiger partial charge in [-0.2, -0.15) is 0 Å². The van der Waals surface area contributed by atoms with E-state index in [1.54, 1.807) is 35.4 Å². The maximum absolute atomic E-state index is 12.8. The fourth-order valence-electron chi connectivity index (χ4n) is 3.19. The molecule has 0 aliphatic carbocycles. The number of ether oxygens (including phenoxy) is 1. The second-order valence-electron chi connectivity index (χ2n) is 6.60. The Labute approximate surface area is 164 Å². The van der Waals surface area contributed by atoms with Gasteiger partial charge in [-0.1, -0.05) is 18.2 Å². The molecule has 1 aromatic heterocycles. The van der Waals surface area contributed by atoms with Crippen molar-refractivity contribution in [3.05, 3.63) is 48.3 Å². The normalized spacial score (nSPS) is 13.9. The van der Waals surface area contributed by atoms with Crippen LogP contribution in [0.15, 0.2) is 42.7 Å². The molecule has 3 rings (SSSR count). The van der Waals surface area contributed by atoms with Gasteiger partial charge >= 0.3 is 0 Å². The fraction of sp³-hybridized carbons (Fsp3) is 0.400. The number of carbonyl (C=O) groups is 2. The number of piperazine rings is 1. The van der Waals surface area contributed by atoms with Gasteiger partial charge < -0.3 is 19.4 Å². The Kier molecular flexibility index (Phi) is 6.41. The van der Waals surface area contributed by atoms with E-state index in [9.17, 15) is 9.59 Å². The standard InChI is InChI=1S/C20H25N5O3/c1-16(26)25(14-17-6-3-4-7-18(17)28-2)15-19(27)23-10-12-24(13-11-23)20-21-8-5-9-22-20/h3-9H,10-15H2,1-2H3. The first-order chi connectivity index (χ1) is 13.6. The van der Waals surface area contributed by atoms with Crippen molar-refractivity contribution in [1.82, 2.24) is 19.8 Å². The van der Waals surface area contributed by atoms with Gasteiger partial charge in [-0.05, 0) is 12.1 Å². The molecular formula is C20H25N5O3. The predicted molar refractivity (Wildman–Crippen MR) is 105 cm³/mol. The van der Waals surface area contributed by atoms with Crippen LogP contribution in [0.3, 0.4) is 0 Å². The lowest BCUT2D eigenvalue weighted by Gasteiger charge is -2.35. The first-order valence-corrected chi connectivity index (χ1v) is 9.25. The molecular weight excluding hydrogens is 358 g/mol. The number of aromatic nitrogens is 2. The van der Waals surface area contributed by atoms with Crippen molar-refractivity contribution in [2.75, 3.05) is 44.7 Å². The topological polar surface area (TPSA) is 78.9 Å². The SMILES string of the molecule is COc1ccccc1CN(CC(=O)N1CCN(c2ncccn2)CC1)C(C)=O. The molecule has 1 aliphatic rings. The molecule has 1 aliphatic heterocycles. The third kappa shape index (κ3) is 4.76. The molecule has 28 heavy (non-hydrogen) atoms. The molecule has 8 heteroatoms. The van der Waals surface area contributed by atoms with Crippen molar-refractivity contribution >= 4 is 17.8 Å². The summed E-state index contributed by atoms with van der Waals surface area (Å²) in [4.78, 5) is 38.7. The molecule has 8 nitrogen and oxygen atoms in total. The molecule has 0 spiro atoms. The van der Waals surface area contributed by atoms with Crippen molar-refractivity contribution in [3.63, 3.8) is 0 Å². The van der Waals surface area contributed by atoms with Crippen molar-refractivity contribution in [3.8, 4) is 5.75 Å². The average Bonchev–Trinajstić information content (AvgIpc) is 2.74. The first-order valence-electron chi connectivity index (χ1n) is 9.25. The molecule has 1 saturated heterocycles. The predicted octanol–water partition coefficient (Wildman–Crippen LogP) is 1.18. The molecule has 0 unspecified atom stereocenters. The molecule has 0 N–H and O–H groups in total. The van der Waals surface area contributed by atoms with Crippen LogP contribution in [0.2, 0.25) is 0 Å². The van der Waals surface area contributed by atoms with Gasteiger partial charge in [0.05, 0.1) is 7.11 Å². The summed E-state index contributed by atoms with van der Waals surface area (Å²) in [6.07, 6.45) is 3.42. The molecule has 2 heterocycles. The zero-order valence-corrected chi connectivity index (χ0v) is 16.2. The van der Waals surface area contributed by atoms with Gasteiger partial charge in [-0.25, -0.2) is 9.97 Å². The quantitative estimate of drug-likeness (QED) is 0.745. The number of anilines is 1. The minimum absolute atomic E-state index is 0.0508. The summed E-state index contributed by atoms with van der Waals surface area (Å²) >= 11 is 0. The summed E-state index contributed by atoms with van der Waals surface area (Å²) < 4.78 is 5.35. The number of amides is 2. The maximum atomic E-state index is 12.8. The summed E-state index contributed by atoms with van der Waals surface area (Å²) in [5, 5.41) is 0. The molecule has 0 atom stereocenters. The summed E-state index contributed by atoms with van der Waals surface area (Å²) in [6, 6.07) is 9.30. The van der Waals surface area contributed by atoms with E-state index in [-0.39, 0.29) is 18.4 Å². The van der Waals surface area contributed by atoms with Gasteiger partial charge in [0.15, 0.2) is 0 Å². The van der Waals surface area contributed by atoms with Crippen LogP contribution in [0.5, 0.6) is 5.75 Å². The summed E-state index contributed by atoms with van der Waals surface area (Å²) in [7, 11) is 1.60. The van der Waals surface area contributed by atoms with Gasteiger partial charge in [0.2, 0.25) is 17.8 Å². The Hall–Kier alpha value is -3.16. The number of methoxy groups -OCH3 is 1. The van der Waals surface area contributed by atoms with Gasteiger partial charge in [0.1, 0.15) is 12.3 Å². The van der Waals surface area contributed by atoms with E-state index >= 15 is 0 Å². The zero-order valence-electron chi connectivity index (χ0n) is 16.2. The van der Waals surface area contributed by atoms with Crippen LogP contribution < -0.4 is 9.64 Å². The lowest BCUT2D eigenvalue weighted by atomic mass is 10.2. The molecule has 148 valence electrons. The second kappa shape index (κ2) is 9.16. The maximum Gasteiger partial charge on any atom is 0.242 e. The summed E-state index contributed by atoms with van der Waals surface area (Å²) in [5.41, 5.74) is 0.874. The highest BCUT2D eigenvalue weighted by atomic mass is 16.5. The monoisotopic (exact) mass is 383 g/mol. The van der Waals surface area contributed by atoms with Crippen LogP contribution >= 0.6 is 0 Å². The number of benzene rings is 1. The molecule has 1 fully saturated rings. The number of hydrogen-bond acceptors (Lipinski definition) is 6. The molecule has 0 saturated carbocycles. The number of para-hydroxylation sites is 1. The van der Waals surface area contributed by atoms with Crippen LogP contribution in [-0.4, -0.2) is 71.4 Å². The Morgan fingerprint density at radius 2 is 1.75 bits per heavy atom. The van der Waals surface area contributed by atoms with E-state index in [0.717, 1.165) is 5.56 Å². The minimum atomic E-state index is -0.143. The van der Waals surface area contributed by atoms with Crippen molar-refractivity contribution < 1.29 is 14.3 Å². The summed E-state index contributed by atoms with van der Waals surface area (Å²) in [6.45, 7) is 4.37. The third-order valence-corrected chi connectivity index (χ3v) is 4.79. The van der Waals surface area contributed by atoms with Gasteiger partial charge in [0.25, 0.3) is 0 Å². The van der Waals surface area contributed by atoms with Crippen LogP contribution in [0.4, 0.5) is 5.95 Å². The van der Waals surface area contributed by atoms with Gasteiger partial charge in [-0.15, -0.1) is 0 Å². The van der Waals surface area contributed by atoms with Crippen molar-refractivity contribution in [2.24, 2.45) is 0 Å². The second-order valence-corrected chi connectivity index (χ2v) is 6.60. The average molecular weight is 383 g/mol. The Morgan fingerprint density at radius 1 is 1.07 bits per heavy atom. The molecule has 0 bridgehead atoms. The summed E-state index contributed by atoms with van der Waals surface area (Å²) in [5.74, 6) is 1.18. The minimum Gasteiger partial charge on any atom is -0.496 e. The van der Waals surface area contributed by atoms with E-state index in [2.05, 4.69) is 14.9 Å². The van der Waals surface area contributed by atoms with Crippen LogP contribution in [0.1, 0.15) is 12.5 Å². The number of hydrogen-bond donors (Lipinski definition) is 0. The van der Waals surface area contributed by atoms with E-state index in [1.807, 2.05) is 24.3 Å². The Morgan fingerprint density at radius 3 is 2.39 bits per heavy atom. The zero-order chi connectivity index (χ0) is 19.9. The fourth-order valence-corrected chi connectivity index (χ4v) is 3.19. The first kappa shape index (κ1) is 19.6. The van der Waals surface area contributed by atoms with E-state index in [4.69, 9.17) is 4.74 Å².